The third kappa shape index (κ3) is 5.57. The summed E-state index contributed by atoms with van der Waals surface area (Å²) in [6, 6.07) is 0. The molecule has 0 bridgehead atoms. The van der Waals surface area contributed by atoms with Gasteiger partial charge in [0.1, 0.15) is 5.69 Å². The van der Waals surface area contributed by atoms with Crippen LogP contribution in [0, 0.1) is 0 Å². The van der Waals surface area contributed by atoms with Gasteiger partial charge >= 0.3 is 7.12 Å². The number of carbonyl (C=O) groups excluding carboxylic acids is 1. The van der Waals surface area contributed by atoms with Crippen molar-refractivity contribution in [1.29, 1.82) is 0 Å². The van der Waals surface area contributed by atoms with E-state index in [0.717, 1.165) is 0 Å². The SMILES string of the molecule is CCOC(CCCC(=O)c1cncc(B2OC(C)(C)C(C)(C)O2)n1)OCC. The van der Waals surface area contributed by atoms with E-state index in [1.165, 1.54) is 6.20 Å². The van der Waals surface area contributed by atoms with Crippen LogP contribution in [0.15, 0.2) is 12.4 Å². The highest BCUT2D eigenvalue weighted by atomic mass is 16.7. The normalized spacial score (nSPS) is 18.3. The van der Waals surface area contributed by atoms with E-state index in [1.807, 2.05) is 41.5 Å². The molecular weight excluding hydrogens is 347 g/mol. The van der Waals surface area contributed by atoms with Crippen molar-refractivity contribution in [1.82, 2.24) is 9.97 Å². The van der Waals surface area contributed by atoms with Crippen molar-refractivity contribution in [2.24, 2.45) is 0 Å². The van der Waals surface area contributed by atoms with Crippen LogP contribution in [0.3, 0.4) is 0 Å². The molecule has 1 aromatic heterocycles. The lowest BCUT2D eigenvalue weighted by molar-refractivity contribution is -0.139. The van der Waals surface area contributed by atoms with E-state index in [-0.39, 0.29) is 12.1 Å². The average Bonchev–Trinajstić information content (AvgIpc) is 2.83. The molecule has 1 aliphatic rings. The summed E-state index contributed by atoms with van der Waals surface area (Å²) < 4.78 is 23.0. The van der Waals surface area contributed by atoms with Gasteiger partial charge in [0.15, 0.2) is 12.1 Å². The molecule has 27 heavy (non-hydrogen) atoms. The number of nitrogens with zero attached hydrogens (tertiary/aromatic N) is 2. The second kappa shape index (κ2) is 9.23. The van der Waals surface area contributed by atoms with E-state index in [9.17, 15) is 4.79 Å². The lowest BCUT2D eigenvalue weighted by Crippen LogP contribution is -2.41. The van der Waals surface area contributed by atoms with Crippen LogP contribution < -0.4 is 5.59 Å². The molecule has 0 aliphatic carbocycles. The summed E-state index contributed by atoms with van der Waals surface area (Å²) in [6.45, 7) is 12.9. The van der Waals surface area contributed by atoms with Gasteiger partial charge in [0.05, 0.1) is 23.0 Å². The molecule has 0 aromatic carbocycles. The third-order valence-electron chi connectivity index (χ3n) is 4.98. The van der Waals surface area contributed by atoms with Crippen LogP contribution >= 0.6 is 0 Å². The van der Waals surface area contributed by atoms with Crippen LogP contribution in [-0.4, -0.2) is 53.6 Å². The summed E-state index contributed by atoms with van der Waals surface area (Å²) in [6.07, 6.45) is 4.48. The molecule has 0 amide bonds. The maximum atomic E-state index is 12.5. The summed E-state index contributed by atoms with van der Waals surface area (Å²) in [5, 5.41) is 0. The van der Waals surface area contributed by atoms with Crippen LogP contribution in [0.5, 0.6) is 0 Å². The molecule has 0 atom stereocenters. The number of ether oxygens (including phenoxy) is 2. The van der Waals surface area contributed by atoms with Crippen LogP contribution in [0.4, 0.5) is 0 Å². The third-order valence-corrected chi connectivity index (χ3v) is 4.98. The molecule has 7 nitrogen and oxygen atoms in total. The first-order chi connectivity index (χ1) is 12.7. The van der Waals surface area contributed by atoms with Crippen molar-refractivity contribution >= 4 is 18.5 Å². The second-order valence-corrected chi connectivity index (χ2v) is 7.57. The molecule has 1 saturated heterocycles. The van der Waals surface area contributed by atoms with E-state index in [2.05, 4.69) is 9.97 Å². The minimum atomic E-state index is -0.629. The Hall–Kier alpha value is -1.35. The Morgan fingerprint density at radius 3 is 2.26 bits per heavy atom. The van der Waals surface area contributed by atoms with Gasteiger partial charge in [-0.3, -0.25) is 14.8 Å². The monoisotopic (exact) mass is 378 g/mol. The van der Waals surface area contributed by atoms with Crippen molar-refractivity contribution < 1.29 is 23.6 Å². The van der Waals surface area contributed by atoms with Gasteiger partial charge in [-0.05, 0) is 54.4 Å². The topological polar surface area (TPSA) is 79.8 Å². The van der Waals surface area contributed by atoms with Gasteiger partial charge < -0.3 is 18.8 Å². The predicted octanol–water partition coefficient (Wildman–Crippen LogP) is 2.53. The number of hydrogen-bond acceptors (Lipinski definition) is 7. The van der Waals surface area contributed by atoms with Crippen molar-refractivity contribution in [3.8, 4) is 0 Å². The first-order valence-electron chi connectivity index (χ1n) is 9.64. The van der Waals surface area contributed by atoms with E-state index in [4.69, 9.17) is 18.8 Å². The molecule has 150 valence electrons. The van der Waals surface area contributed by atoms with Gasteiger partial charge in [-0.25, -0.2) is 0 Å². The van der Waals surface area contributed by atoms with Crippen LogP contribution in [0.25, 0.3) is 0 Å². The number of rotatable bonds is 10. The molecule has 1 aromatic rings. The Labute approximate surface area is 162 Å². The fraction of sp³-hybridized carbons (Fsp3) is 0.737. The summed E-state index contributed by atoms with van der Waals surface area (Å²) in [7, 11) is -0.629. The predicted molar refractivity (Wildman–Crippen MR) is 103 cm³/mol. The zero-order valence-corrected chi connectivity index (χ0v) is 17.3. The van der Waals surface area contributed by atoms with Crippen LogP contribution in [0.1, 0.15) is 71.3 Å². The highest BCUT2D eigenvalue weighted by molar-refractivity contribution is 6.61. The van der Waals surface area contributed by atoms with Gasteiger partial charge in [0.2, 0.25) is 0 Å². The van der Waals surface area contributed by atoms with Crippen LogP contribution in [-0.2, 0) is 18.8 Å². The lowest BCUT2D eigenvalue weighted by Gasteiger charge is -2.32. The van der Waals surface area contributed by atoms with Gasteiger partial charge in [0, 0.05) is 25.8 Å². The maximum Gasteiger partial charge on any atom is 0.516 e. The summed E-state index contributed by atoms with van der Waals surface area (Å²) in [5.41, 5.74) is -0.0903. The largest absolute Gasteiger partial charge is 0.516 e. The van der Waals surface area contributed by atoms with E-state index in [0.29, 0.717) is 43.8 Å². The smallest absolute Gasteiger partial charge is 0.398 e. The fourth-order valence-electron chi connectivity index (χ4n) is 2.74. The van der Waals surface area contributed by atoms with Crippen molar-refractivity contribution in [3.05, 3.63) is 18.1 Å². The zero-order chi connectivity index (χ0) is 20.1. The molecule has 0 spiro atoms. The number of ketones is 1. The lowest BCUT2D eigenvalue weighted by atomic mass is 9.85. The van der Waals surface area contributed by atoms with Crippen molar-refractivity contribution in [2.45, 2.75) is 78.3 Å². The molecule has 2 heterocycles. The summed E-state index contributed by atoms with van der Waals surface area (Å²) in [5.74, 6) is -0.0624. The van der Waals surface area contributed by atoms with Crippen molar-refractivity contribution in [2.75, 3.05) is 13.2 Å². The minimum Gasteiger partial charge on any atom is -0.398 e. The van der Waals surface area contributed by atoms with E-state index >= 15 is 0 Å². The van der Waals surface area contributed by atoms with Crippen LogP contribution in [0.2, 0.25) is 0 Å². The molecule has 8 heteroatoms. The summed E-state index contributed by atoms with van der Waals surface area (Å²) in [4.78, 5) is 21.1. The quantitative estimate of drug-likeness (QED) is 0.352. The van der Waals surface area contributed by atoms with Gasteiger partial charge in [-0.2, -0.15) is 0 Å². The number of aromatic nitrogens is 2. The zero-order valence-electron chi connectivity index (χ0n) is 17.3. The number of carbonyl (C=O) groups is 1. The standard InChI is InChI=1S/C19H31BN2O5/c1-7-24-17(25-8-2)11-9-10-15(23)14-12-21-13-16(22-14)20-26-18(3,4)19(5,6)27-20/h12-13,17H,7-11H2,1-6H3. The van der Waals surface area contributed by atoms with Gasteiger partial charge in [0.25, 0.3) is 0 Å². The average molecular weight is 378 g/mol. The Kier molecular flexibility index (Phi) is 7.51. The highest BCUT2D eigenvalue weighted by Gasteiger charge is 2.52. The molecular formula is C19H31BN2O5. The molecule has 2 rings (SSSR count). The van der Waals surface area contributed by atoms with E-state index in [1.54, 1.807) is 6.20 Å². The highest BCUT2D eigenvalue weighted by Crippen LogP contribution is 2.36. The Morgan fingerprint density at radius 1 is 1.11 bits per heavy atom. The molecule has 0 unspecified atom stereocenters. The molecule has 1 aliphatic heterocycles. The van der Waals surface area contributed by atoms with Gasteiger partial charge in [-0.15, -0.1) is 0 Å². The summed E-state index contributed by atoms with van der Waals surface area (Å²) >= 11 is 0. The Bertz CT molecular complexity index is 616. The first-order valence-corrected chi connectivity index (χ1v) is 9.64. The molecule has 1 fully saturated rings. The second-order valence-electron chi connectivity index (χ2n) is 7.57. The number of hydrogen-bond donors (Lipinski definition) is 0. The minimum absolute atomic E-state index is 0.0624. The molecule has 0 N–H and O–H groups in total. The van der Waals surface area contributed by atoms with E-state index < -0.39 is 18.3 Å². The number of Topliss-reactive ketones (excluding diaryl/α,β-unsaturated/α-hetero) is 1. The van der Waals surface area contributed by atoms with Crippen molar-refractivity contribution in [3.63, 3.8) is 0 Å². The Balaban J connectivity index is 1.96. The molecule has 0 radical (unpaired) electrons. The maximum absolute atomic E-state index is 12.5. The Morgan fingerprint density at radius 2 is 1.70 bits per heavy atom. The molecule has 0 saturated carbocycles. The van der Waals surface area contributed by atoms with Gasteiger partial charge in [-0.1, -0.05) is 0 Å². The fourth-order valence-corrected chi connectivity index (χ4v) is 2.74. The first kappa shape index (κ1) is 21.9.